The van der Waals surface area contributed by atoms with E-state index in [1.54, 1.807) is 0 Å². The first-order valence-electron chi connectivity index (χ1n) is 7.74. The van der Waals surface area contributed by atoms with Crippen LogP contribution in [-0.4, -0.2) is 43.6 Å². The van der Waals surface area contributed by atoms with Gasteiger partial charge < -0.3 is 15.0 Å². The molecule has 0 bridgehead atoms. The Morgan fingerprint density at radius 3 is 2.67 bits per heavy atom. The zero-order valence-electron chi connectivity index (χ0n) is 13.3. The summed E-state index contributed by atoms with van der Waals surface area (Å²) in [6.07, 6.45) is 1.50. The molecule has 0 radical (unpaired) electrons. The Bertz CT molecular complexity index is 450. The van der Waals surface area contributed by atoms with Crippen LogP contribution in [0, 0.1) is 5.92 Å². The van der Waals surface area contributed by atoms with Gasteiger partial charge >= 0.3 is 0 Å². The molecule has 4 nitrogen and oxygen atoms in total. The van der Waals surface area contributed by atoms with E-state index in [0.29, 0.717) is 18.4 Å². The predicted molar refractivity (Wildman–Crippen MR) is 84.5 cm³/mol. The van der Waals surface area contributed by atoms with E-state index in [0.717, 1.165) is 37.4 Å². The van der Waals surface area contributed by atoms with Crippen molar-refractivity contribution in [3.63, 3.8) is 0 Å². The number of hydrogen-bond donors (Lipinski definition) is 1. The Morgan fingerprint density at radius 2 is 2.10 bits per heavy atom. The molecule has 0 saturated carbocycles. The molecule has 1 saturated heterocycles. The van der Waals surface area contributed by atoms with Crippen LogP contribution < -0.4 is 10.1 Å². The van der Waals surface area contributed by atoms with E-state index in [9.17, 15) is 4.79 Å². The van der Waals surface area contributed by atoms with Crippen molar-refractivity contribution in [3.05, 3.63) is 29.8 Å². The molecule has 2 rings (SSSR count). The molecule has 1 atom stereocenters. The second-order valence-corrected chi connectivity index (χ2v) is 6.18. The van der Waals surface area contributed by atoms with Crippen LogP contribution in [0.25, 0.3) is 0 Å². The minimum absolute atomic E-state index is 0.180. The van der Waals surface area contributed by atoms with Gasteiger partial charge in [-0.15, -0.1) is 0 Å². The number of ether oxygens (including phenoxy) is 1. The molecule has 4 heteroatoms. The fourth-order valence-corrected chi connectivity index (χ4v) is 2.44. The number of carbonyl (C=O) groups excluding carboxylic acids is 1. The lowest BCUT2D eigenvalue weighted by molar-refractivity contribution is -0.130. The standard InChI is InChI=1S/C17H26N2O2/c1-13(2)12-21-16-6-4-14(5-7-16)10-17(20)19(3)15-8-9-18-11-15/h4-7,13,15,18H,8-12H2,1-3H3. The Kier molecular flexibility index (Phi) is 5.62. The maximum absolute atomic E-state index is 12.3. The van der Waals surface area contributed by atoms with Crippen LogP contribution in [0.1, 0.15) is 25.8 Å². The summed E-state index contributed by atoms with van der Waals surface area (Å²) in [5.74, 6) is 1.56. The van der Waals surface area contributed by atoms with Crippen molar-refractivity contribution >= 4 is 5.91 Å². The molecule has 0 aromatic heterocycles. The number of nitrogens with zero attached hydrogens (tertiary/aromatic N) is 1. The Balaban J connectivity index is 1.85. The van der Waals surface area contributed by atoms with Gasteiger partial charge in [-0.05, 0) is 36.6 Å². The third kappa shape index (κ3) is 4.74. The molecule has 1 amide bonds. The van der Waals surface area contributed by atoms with Gasteiger partial charge in [0.1, 0.15) is 5.75 Å². The molecule has 1 aliphatic heterocycles. The number of likely N-dealkylation sites (N-methyl/N-ethyl adjacent to an activating group) is 1. The summed E-state index contributed by atoms with van der Waals surface area (Å²) in [6.45, 7) is 6.88. The summed E-state index contributed by atoms with van der Waals surface area (Å²) >= 11 is 0. The van der Waals surface area contributed by atoms with E-state index in [1.165, 1.54) is 0 Å². The van der Waals surface area contributed by atoms with Gasteiger partial charge in [-0.1, -0.05) is 26.0 Å². The monoisotopic (exact) mass is 290 g/mol. The molecule has 1 aromatic rings. The first kappa shape index (κ1) is 15.8. The van der Waals surface area contributed by atoms with Gasteiger partial charge in [0, 0.05) is 19.6 Å². The van der Waals surface area contributed by atoms with Crippen molar-refractivity contribution in [2.45, 2.75) is 32.7 Å². The van der Waals surface area contributed by atoms with Gasteiger partial charge in [0.25, 0.3) is 0 Å². The largest absolute Gasteiger partial charge is 0.493 e. The highest BCUT2D eigenvalue weighted by atomic mass is 16.5. The third-order valence-electron chi connectivity index (χ3n) is 3.84. The number of amides is 1. The van der Waals surface area contributed by atoms with Crippen molar-refractivity contribution in [2.24, 2.45) is 5.92 Å². The molecule has 1 heterocycles. The van der Waals surface area contributed by atoms with Crippen LogP contribution in [0.3, 0.4) is 0 Å². The van der Waals surface area contributed by atoms with Crippen LogP contribution in [0.4, 0.5) is 0 Å². The van der Waals surface area contributed by atoms with E-state index in [2.05, 4.69) is 19.2 Å². The van der Waals surface area contributed by atoms with E-state index in [1.807, 2.05) is 36.2 Å². The van der Waals surface area contributed by atoms with Gasteiger partial charge in [0.15, 0.2) is 0 Å². The molecule has 116 valence electrons. The van der Waals surface area contributed by atoms with Gasteiger partial charge in [-0.2, -0.15) is 0 Å². The Hall–Kier alpha value is -1.55. The maximum Gasteiger partial charge on any atom is 0.227 e. The van der Waals surface area contributed by atoms with Crippen LogP contribution in [0.5, 0.6) is 5.75 Å². The van der Waals surface area contributed by atoms with Crippen LogP contribution >= 0.6 is 0 Å². The summed E-state index contributed by atoms with van der Waals surface area (Å²) in [5.41, 5.74) is 1.04. The fraction of sp³-hybridized carbons (Fsp3) is 0.588. The second-order valence-electron chi connectivity index (χ2n) is 6.18. The van der Waals surface area contributed by atoms with Gasteiger partial charge in [-0.25, -0.2) is 0 Å². The minimum atomic E-state index is 0.180. The Labute approximate surface area is 127 Å². The first-order valence-corrected chi connectivity index (χ1v) is 7.74. The zero-order valence-corrected chi connectivity index (χ0v) is 13.3. The average Bonchev–Trinajstić information content (AvgIpc) is 2.99. The molecular formula is C17H26N2O2. The summed E-state index contributed by atoms with van der Waals surface area (Å²) in [6, 6.07) is 8.19. The average molecular weight is 290 g/mol. The van der Waals surface area contributed by atoms with Crippen molar-refractivity contribution in [1.82, 2.24) is 10.2 Å². The quantitative estimate of drug-likeness (QED) is 0.872. The lowest BCUT2D eigenvalue weighted by Gasteiger charge is -2.23. The summed E-state index contributed by atoms with van der Waals surface area (Å²) in [7, 11) is 1.90. The van der Waals surface area contributed by atoms with Crippen molar-refractivity contribution in [1.29, 1.82) is 0 Å². The van der Waals surface area contributed by atoms with Crippen LogP contribution in [0.15, 0.2) is 24.3 Å². The Morgan fingerprint density at radius 1 is 1.38 bits per heavy atom. The molecule has 0 spiro atoms. The molecule has 1 N–H and O–H groups in total. The van der Waals surface area contributed by atoms with Gasteiger partial charge in [-0.3, -0.25) is 4.79 Å². The predicted octanol–water partition coefficient (Wildman–Crippen LogP) is 2.08. The molecule has 1 fully saturated rings. The highest BCUT2D eigenvalue weighted by Crippen LogP contribution is 2.15. The number of hydrogen-bond acceptors (Lipinski definition) is 3. The minimum Gasteiger partial charge on any atom is -0.493 e. The number of carbonyl (C=O) groups is 1. The van der Waals surface area contributed by atoms with Crippen LogP contribution in [0.2, 0.25) is 0 Å². The van der Waals surface area contributed by atoms with Crippen LogP contribution in [-0.2, 0) is 11.2 Å². The summed E-state index contributed by atoms with van der Waals surface area (Å²) in [4.78, 5) is 14.1. The van der Waals surface area contributed by atoms with Crippen molar-refractivity contribution in [2.75, 3.05) is 26.7 Å². The van der Waals surface area contributed by atoms with E-state index >= 15 is 0 Å². The number of benzene rings is 1. The lowest BCUT2D eigenvalue weighted by atomic mass is 10.1. The van der Waals surface area contributed by atoms with E-state index in [-0.39, 0.29) is 5.91 Å². The normalized spacial score (nSPS) is 18.0. The molecular weight excluding hydrogens is 264 g/mol. The third-order valence-corrected chi connectivity index (χ3v) is 3.84. The molecule has 1 unspecified atom stereocenters. The van der Waals surface area contributed by atoms with E-state index < -0.39 is 0 Å². The summed E-state index contributed by atoms with van der Waals surface area (Å²) < 4.78 is 5.65. The van der Waals surface area contributed by atoms with Crippen molar-refractivity contribution in [3.8, 4) is 5.75 Å². The highest BCUT2D eigenvalue weighted by Gasteiger charge is 2.22. The lowest BCUT2D eigenvalue weighted by Crippen LogP contribution is -2.39. The molecule has 21 heavy (non-hydrogen) atoms. The number of nitrogens with one attached hydrogen (secondary N) is 1. The second kappa shape index (κ2) is 7.46. The topological polar surface area (TPSA) is 41.6 Å². The smallest absolute Gasteiger partial charge is 0.227 e. The molecule has 1 aliphatic rings. The zero-order chi connectivity index (χ0) is 15.2. The highest BCUT2D eigenvalue weighted by molar-refractivity contribution is 5.78. The van der Waals surface area contributed by atoms with Gasteiger partial charge in [0.2, 0.25) is 5.91 Å². The summed E-state index contributed by atoms with van der Waals surface area (Å²) in [5, 5.41) is 3.29. The molecule has 1 aromatic carbocycles. The van der Waals surface area contributed by atoms with Gasteiger partial charge in [0.05, 0.1) is 13.0 Å². The first-order chi connectivity index (χ1) is 10.1. The SMILES string of the molecule is CC(C)COc1ccc(CC(=O)N(C)C2CCNC2)cc1. The molecule has 0 aliphatic carbocycles. The van der Waals surface area contributed by atoms with Crippen molar-refractivity contribution < 1.29 is 9.53 Å². The maximum atomic E-state index is 12.3. The number of rotatable bonds is 6. The fourth-order valence-electron chi connectivity index (χ4n) is 2.44. The van der Waals surface area contributed by atoms with E-state index in [4.69, 9.17) is 4.74 Å².